The highest BCUT2D eigenvalue weighted by Crippen LogP contribution is 2.24. The molecule has 0 aromatic heterocycles. The molecule has 180 valence electrons. The van der Waals surface area contributed by atoms with E-state index < -0.39 is 15.9 Å². The van der Waals surface area contributed by atoms with E-state index in [9.17, 15) is 17.6 Å². The molecule has 0 unspecified atom stereocenters. The van der Waals surface area contributed by atoms with Crippen LogP contribution < -0.4 is 14.2 Å². The summed E-state index contributed by atoms with van der Waals surface area (Å²) in [4.78, 5) is 14.3. The minimum Gasteiger partial charge on any atom is -0.495 e. The van der Waals surface area contributed by atoms with Gasteiger partial charge in [-0.1, -0.05) is 24.3 Å². The molecule has 0 aliphatic heterocycles. The van der Waals surface area contributed by atoms with Gasteiger partial charge in [-0.05, 0) is 54.1 Å². The molecule has 0 saturated carbocycles. The van der Waals surface area contributed by atoms with Crippen LogP contribution in [0.15, 0.2) is 77.7 Å². The van der Waals surface area contributed by atoms with Gasteiger partial charge in [0.05, 0.1) is 19.4 Å². The second kappa shape index (κ2) is 11.5. The van der Waals surface area contributed by atoms with Crippen molar-refractivity contribution in [1.82, 2.24) is 4.90 Å². The maximum absolute atomic E-state index is 13.1. The average molecular weight is 489 g/mol. The minimum absolute atomic E-state index is 0.0682. The van der Waals surface area contributed by atoms with Gasteiger partial charge >= 0.3 is 16.1 Å². The Morgan fingerprint density at radius 2 is 1.74 bits per heavy atom. The largest absolute Gasteiger partial charge is 0.495 e. The maximum Gasteiger partial charge on any atom is 0.339 e. The SMILES string of the molecule is COCCN(Cc1cccc(OS(=O)(=O)c2ccc(F)cc2)c1)C(=O)Nc1ccccc1OC. The van der Waals surface area contributed by atoms with Crippen molar-refractivity contribution in [1.29, 1.82) is 0 Å². The van der Waals surface area contributed by atoms with Gasteiger partial charge in [-0.25, -0.2) is 9.18 Å². The fourth-order valence-corrected chi connectivity index (χ4v) is 4.01. The molecule has 3 aromatic carbocycles. The first-order valence-corrected chi connectivity index (χ1v) is 11.7. The van der Waals surface area contributed by atoms with Gasteiger partial charge in [-0.3, -0.25) is 0 Å². The molecule has 1 N–H and O–H groups in total. The Kier molecular flexibility index (Phi) is 8.44. The predicted molar refractivity (Wildman–Crippen MR) is 125 cm³/mol. The number of amides is 2. The lowest BCUT2D eigenvalue weighted by molar-refractivity contribution is 0.152. The molecule has 0 aliphatic rings. The summed E-state index contributed by atoms with van der Waals surface area (Å²) in [7, 11) is -1.10. The van der Waals surface area contributed by atoms with E-state index in [1.807, 2.05) is 0 Å². The summed E-state index contributed by atoms with van der Waals surface area (Å²) < 4.78 is 53.8. The van der Waals surface area contributed by atoms with Crippen molar-refractivity contribution in [2.45, 2.75) is 11.4 Å². The van der Waals surface area contributed by atoms with Crippen LogP contribution >= 0.6 is 0 Å². The summed E-state index contributed by atoms with van der Waals surface area (Å²) in [5.74, 6) is 0.0334. The van der Waals surface area contributed by atoms with Crippen molar-refractivity contribution in [2.75, 3.05) is 32.7 Å². The van der Waals surface area contributed by atoms with Crippen LogP contribution in [0.2, 0.25) is 0 Å². The number of rotatable bonds is 10. The minimum atomic E-state index is -4.15. The van der Waals surface area contributed by atoms with Crippen LogP contribution in [0, 0.1) is 5.82 Å². The lowest BCUT2D eigenvalue weighted by Crippen LogP contribution is -2.37. The van der Waals surface area contributed by atoms with Crippen molar-refractivity contribution in [3.05, 3.63) is 84.2 Å². The third-order valence-electron chi connectivity index (χ3n) is 4.78. The molecule has 10 heteroatoms. The molecular weight excluding hydrogens is 463 g/mol. The van der Waals surface area contributed by atoms with E-state index in [2.05, 4.69) is 5.32 Å². The van der Waals surface area contributed by atoms with Crippen LogP contribution in [0.1, 0.15) is 5.56 Å². The summed E-state index contributed by atoms with van der Waals surface area (Å²) in [6.07, 6.45) is 0. The van der Waals surface area contributed by atoms with Gasteiger partial charge in [0, 0.05) is 20.2 Å². The van der Waals surface area contributed by atoms with Crippen molar-refractivity contribution in [2.24, 2.45) is 0 Å². The van der Waals surface area contributed by atoms with E-state index in [-0.39, 0.29) is 29.8 Å². The van der Waals surface area contributed by atoms with Crippen LogP contribution in [-0.4, -0.2) is 46.7 Å². The zero-order valence-corrected chi connectivity index (χ0v) is 19.5. The fraction of sp³-hybridized carbons (Fsp3) is 0.208. The predicted octanol–water partition coefficient (Wildman–Crippen LogP) is 4.28. The molecule has 8 nitrogen and oxygen atoms in total. The van der Waals surface area contributed by atoms with E-state index in [1.165, 1.54) is 31.3 Å². The van der Waals surface area contributed by atoms with E-state index in [1.54, 1.807) is 36.4 Å². The molecule has 34 heavy (non-hydrogen) atoms. The molecule has 0 bridgehead atoms. The van der Waals surface area contributed by atoms with E-state index >= 15 is 0 Å². The molecule has 3 rings (SSSR count). The number of nitrogens with zero attached hydrogens (tertiary/aromatic N) is 1. The zero-order chi connectivity index (χ0) is 24.6. The molecule has 0 atom stereocenters. The van der Waals surface area contributed by atoms with Crippen LogP contribution in [-0.2, 0) is 21.4 Å². The Balaban J connectivity index is 1.76. The van der Waals surface area contributed by atoms with E-state index in [0.717, 1.165) is 24.3 Å². The van der Waals surface area contributed by atoms with Crippen LogP contribution in [0.3, 0.4) is 0 Å². The number of carbonyl (C=O) groups excluding carboxylic acids is 1. The standard InChI is InChI=1S/C24H25FN2O6S/c1-31-15-14-27(24(28)26-22-8-3-4-9-23(22)32-2)17-18-6-5-7-20(16-18)33-34(29,30)21-12-10-19(25)11-13-21/h3-13,16H,14-15,17H2,1-2H3,(H,26,28). The normalized spacial score (nSPS) is 11.0. The number of anilines is 1. The van der Waals surface area contributed by atoms with Gasteiger partial charge in [0.25, 0.3) is 0 Å². The molecule has 0 aliphatic carbocycles. The first-order chi connectivity index (χ1) is 16.3. The first kappa shape index (κ1) is 25.0. The van der Waals surface area contributed by atoms with Crippen LogP contribution in [0.4, 0.5) is 14.9 Å². The van der Waals surface area contributed by atoms with Gasteiger partial charge in [-0.2, -0.15) is 8.42 Å². The van der Waals surface area contributed by atoms with Crippen molar-refractivity contribution >= 4 is 21.8 Å². The molecule has 0 heterocycles. The molecule has 0 saturated heterocycles. The molecule has 2 amide bonds. The Bertz CT molecular complexity index is 1220. The number of hydrogen-bond donors (Lipinski definition) is 1. The summed E-state index contributed by atoms with van der Waals surface area (Å²) >= 11 is 0. The topological polar surface area (TPSA) is 94.2 Å². The Hall–Kier alpha value is -3.63. The number of ether oxygens (including phenoxy) is 2. The Morgan fingerprint density at radius 1 is 1.00 bits per heavy atom. The smallest absolute Gasteiger partial charge is 0.339 e. The van der Waals surface area contributed by atoms with Gasteiger partial charge in [0.2, 0.25) is 0 Å². The van der Waals surface area contributed by atoms with Gasteiger partial charge < -0.3 is 23.9 Å². The third kappa shape index (κ3) is 6.69. The van der Waals surface area contributed by atoms with Crippen molar-refractivity contribution in [3.63, 3.8) is 0 Å². The second-order valence-corrected chi connectivity index (χ2v) is 8.73. The zero-order valence-electron chi connectivity index (χ0n) is 18.7. The lowest BCUT2D eigenvalue weighted by Gasteiger charge is -2.23. The number of para-hydroxylation sites is 2. The number of nitrogens with one attached hydrogen (secondary N) is 1. The molecule has 0 fully saturated rings. The van der Waals surface area contributed by atoms with Crippen LogP contribution in [0.5, 0.6) is 11.5 Å². The lowest BCUT2D eigenvalue weighted by atomic mass is 10.2. The van der Waals surface area contributed by atoms with Gasteiger partial charge in [0.1, 0.15) is 22.2 Å². The van der Waals surface area contributed by atoms with Gasteiger partial charge in [0.15, 0.2) is 0 Å². The molecule has 0 radical (unpaired) electrons. The van der Waals surface area contributed by atoms with E-state index in [4.69, 9.17) is 13.7 Å². The highest BCUT2D eigenvalue weighted by atomic mass is 32.2. The Labute approximate surface area is 198 Å². The van der Waals surface area contributed by atoms with Crippen LogP contribution in [0.25, 0.3) is 0 Å². The van der Waals surface area contributed by atoms with Crippen molar-refractivity contribution in [3.8, 4) is 11.5 Å². The number of benzene rings is 3. The number of methoxy groups -OCH3 is 2. The second-order valence-electron chi connectivity index (χ2n) is 7.18. The van der Waals surface area contributed by atoms with Gasteiger partial charge in [-0.15, -0.1) is 0 Å². The summed E-state index contributed by atoms with van der Waals surface area (Å²) in [5.41, 5.74) is 1.15. The number of hydrogen-bond acceptors (Lipinski definition) is 6. The third-order valence-corrected chi connectivity index (χ3v) is 6.04. The molecule has 0 spiro atoms. The first-order valence-electron chi connectivity index (χ1n) is 10.3. The molecular formula is C24H25FN2O6S. The molecule has 3 aromatic rings. The highest BCUT2D eigenvalue weighted by Gasteiger charge is 2.19. The summed E-state index contributed by atoms with van der Waals surface area (Å²) in [6.45, 7) is 0.753. The monoisotopic (exact) mass is 488 g/mol. The van der Waals surface area contributed by atoms with E-state index in [0.29, 0.717) is 23.6 Å². The average Bonchev–Trinajstić information content (AvgIpc) is 2.82. The van der Waals surface area contributed by atoms with Crippen molar-refractivity contribution < 1.29 is 31.3 Å². The summed E-state index contributed by atoms with van der Waals surface area (Å²) in [5, 5.41) is 2.82. The highest BCUT2D eigenvalue weighted by molar-refractivity contribution is 7.87. The number of halogens is 1. The Morgan fingerprint density at radius 3 is 2.44 bits per heavy atom. The number of urea groups is 1. The maximum atomic E-state index is 13.1. The number of carbonyl (C=O) groups is 1. The summed E-state index contributed by atoms with van der Waals surface area (Å²) in [6, 6.07) is 17.4. The fourth-order valence-electron chi connectivity index (χ4n) is 3.09. The quantitative estimate of drug-likeness (QED) is 0.428.